The molecule has 7 rings (SSSR count). The van der Waals surface area contributed by atoms with Gasteiger partial charge in [-0.15, -0.1) is 0 Å². The number of allylic oxidation sites excluding steroid dienone is 2. The third-order valence-electron chi connectivity index (χ3n) is 11.2. The summed E-state index contributed by atoms with van der Waals surface area (Å²) in [7, 11) is 17.5. The Hall–Kier alpha value is -1.96. The molecule has 0 spiro atoms. The fourth-order valence-electron chi connectivity index (χ4n) is 8.94. The van der Waals surface area contributed by atoms with Gasteiger partial charge in [-0.05, 0) is 0 Å². The Balaban J connectivity index is 1.48. The van der Waals surface area contributed by atoms with Crippen LogP contribution >= 0.6 is 17.0 Å². The van der Waals surface area contributed by atoms with E-state index < -0.39 is 21.5 Å². The maximum absolute atomic E-state index is 8.73. The van der Waals surface area contributed by atoms with Gasteiger partial charge in [0.2, 0.25) is 0 Å². The minimum absolute atomic E-state index is 0.119. The van der Waals surface area contributed by atoms with Crippen molar-refractivity contribution in [1.82, 2.24) is 0 Å². The number of hydrogen-bond donors (Lipinski definition) is 0. The Labute approximate surface area is 273 Å². The molecule has 0 aromatic heterocycles. The molecule has 3 aliphatic rings. The van der Waals surface area contributed by atoms with Crippen molar-refractivity contribution in [3.05, 3.63) is 130 Å². The van der Waals surface area contributed by atoms with Crippen LogP contribution in [0.25, 0.3) is 34.4 Å². The molecule has 0 aliphatic heterocycles. The second-order valence-corrected chi connectivity index (χ2v) is 56.4. The molecule has 2 unspecified atom stereocenters. The second-order valence-electron chi connectivity index (χ2n) is 13.9. The van der Waals surface area contributed by atoms with Gasteiger partial charge in [0.25, 0.3) is 0 Å². The van der Waals surface area contributed by atoms with Crippen LogP contribution in [-0.2, 0) is 15.6 Å². The molecule has 4 aromatic carbocycles. The molecule has 44 heavy (non-hydrogen) atoms. The van der Waals surface area contributed by atoms with Gasteiger partial charge in [0.1, 0.15) is 0 Å². The monoisotopic (exact) mass is 711 g/mol. The first kappa shape index (κ1) is 30.7. The Morgan fingerprint density at radius 2 is 1.25 bits per heavy atom. The first-order valence-electron chi connectivity index (χ1n) is 16.5. The van der Waals surface area contributed by atoms with Crippen LogP contribution in [0, 0.1) is 12.8 Å². The number of rotatable bonds is 6. The Bertz CT molecular complexity index is 1780. The second kappa shape index (κ2) is 11.7. The van der Waals surface area contributed by atoms with Crippen LogP contribution in [0.1, 0.15) is 74.1 Å². The van der Waals surface area contributed by atoms with E-state index in [2.05, 4.69) is 130 Å². The van der Waals surface area contributed by atoms with Crippen LogP contribution < -0.4 is 0 Å². The first-order chi connectivity index (χ1) is 21.2. The van der Waals surface area contributed by atoms with Crippen molar-refractivity contribution in [1.29, 1.82) is 0 Å². The minimum atomic E-state index is -4.82. The molecule has 0 N–H and O–H groups in total. The van der Waals surface area contributed by atoms with Gasteiger partial charge < -0.3 is 0 Å². The van der Waals surface area contributed by atoms with E-state index in [1.165, 1.54) is 87.7 Å². The summed E-state index contributed by atoms with van der Waals surface area (Å²) in [5, 5.41) is 0. The fraction of sp³-hybridized carbons (Fsp3) is 0.300. The number of hydrogen-bond acceptors (Lipinski definition) is 0. The van der Waals surface area contributed by atoms with Crippen molar-refractivity contribution in [3.8, 4) is 22.3 Å². The molecule has 0 saturated heterocycles. The van der Waals surface area contributed by atoms with E-state index in [1.54, 1.807) is 5.57 Å². The van der Waals surface area contributed by atoms with Gasteiger partial charge in [0.05, 0.1) is 0 Å². The van der Waals surface area contributed by atoms with E-state index in [0.29, 0.717) is 5.92 Å². The Morgan fingerprint density at radius 1 is 0.636 bits per heavy atom. The summed E-state index contributed by atoms with van der Waals surface area (Å²) in [5.74, 6) is -1.05. The summed E-state index contributed by atoms with van der Waals surface area (Å²) < 4.78 is 0.265. The van der Waals surface area contributed by atoms with Crippen molar-refractivity contribution in [2.45, 2.75) is 66.3 Å². The topological polar surface area (TPSA) is 0 Å². The summed E-state index contributed by atoms with van der Waals surface area (Å²) in [6, 6.07) is 33.3. The SMILES string of the molecule is CC1=Cc2c(-c3ccccc3)ccc(C)c2[CH]1[Zr]([Cl])([Cl])([CH]1C(C2CCCCC2)=Cc2c(-c3ccccc3)cccc21)[SiH](C)C. The molecule has 1 saturated carbocycles. The standard InChI is InChI=1S/C21H21.C17H15.C2H7Si.2ClH.Zr/c1-3-8-16(9-4-1)19-14-18-12-7-13-20(21(18)15-19)17-10-5-2-6-11-17;1-12-10-16-13(2)8-9-15(17(16)11-12)14-6-4-3-5-7-14;1-3-2;;;/h2,5-7,10-16H,1,3-4,8-9H2;3-11H,1-2H3;3H,1-2H3;2*1H;/q;;;;;+2/p-2. The third kappa shape index (κ3) is 4.78. The van der Waals surface area contributed by atoms with Crippen LogP contribution in [0.2, 0.25) is 13.1 Å². The molecule has 4 heteroatoms. The molecule has 0 amide bonds. The summed E-state index contributed by atoms with van der Waals surface area (Å²) >= 11 is -4.82. The zero-order valence-corrected chi connectivity index (χ0v) is 31.5. The van der Waals surface area contributed by atoms with E-state index in [0.717, 1.165) is 0 Å². The van der Waals surface area contributed by atoms with Crippen molar-refractivity contribution in [2.24, 2.45) is 5.92 Å². The van der Waals surface area contributed by atoms with Gasteiger partial charge in [-0.2, -0.15) is 0 Å². The van der Waals surface area contributed by atoms with Crippen molar-refractivity contribution in [2.75, 3.05) is 0 Å². The molecule has 3 aliphatic carbocycles. The zero-order chi connectivity index (χ0) is 30.7. The van der Waals surface area contributed by atoms with Gasteiger partial charge >= 0.3 is 275 Å². The average molecular weight is 714 g/mol. The number of aryl methyl sites for hydroxylation is 1. The van der Waals surface area contributed by atoms with E-state index in [9.17, 15) is 0 Å². The zero-order valence-electron chi connectivity index (χ0n) is 26.4. The predicted molar refractivity (Wildman–Crippen MR) is 193 cm³/mol. The number of halogens is 2. The number of benzene rings is 4. The van der Waals surface area contributed by atoms with Gasteiger partial charge in [-0.3, -0.25) is 0 Å². The summed E-state index contributed by atoms with van der Waals surface area (Å²) in [5.41, 5.74) is 14.9. The van der Waals surface area contributed by atoms with E-state index >= 15 is 0 Å². The van der Waals surface area contributed by atoms with Crippen LogP contribution in [0.4, 0.5) is 0 Å². The summed E-state index contributed by atoms with van der Waals surface area (Å²) in [6.45, 7) is 9.56. The van der Waals surface area contributed by atoms with E-state index in [1.807, 2.05) is 0 Å². The summed E-state index contributed by atoms with van der Waals surface area (Å²) in [6.07, 6.45) is 11.5. The molecule has 0 radical (unpaired) electrons. The maximum atomic E-state index is 8.73. The summed E-state index contributed by atoms with van der Waals surface area (Å²) in [4.78, 5) is 0. The van der Waals surface area contributed by atoms with Crippen molar-refractivity contribution < 1.29 is 15.6 Å². The first-order valence-corrected chi connectivity index (χ1v) is 32.9. The predicted octanol–water partition coefficient (Wildman–Crippen LogP) is 12.5. The molecule has 4 aromatic rings. The fourth-order valence-corrected chi connectivity index (χ4v) is 40.9. The molecule has 0 bridgehead atoms. The average Bonchev–Trinajstić information content (AvgIpc) is 3.62. The van der Waals surface area contributed by atoms with E-state index in [4.69, 9.17) is 17.0 Å². The Kier molecular flexibility index (Phi) is 8.15. The third-order valence-corrected chi connectivity index (χ3v) is 63.1. The molecule has 225 valence electrons. The quantitative estimate of drug-likeness (QED) is 0.175. The van der Waals surface area contributed by atoms with Crippen LogP contribution in [-0.4, -0.2) is 5.92 Å². The molecule has 2 atom stereocenters. The van der Waals surface area contributed by atoms with Gasteiger partial charge in [0, 0.05) is 0 Å². The number of fused-ring (bicyclic) bond motifs is 2. The normalized spacial score (nSPS) is 20.9. The molecular weight excluding hydrogens is 671 g/mol. The van der Waals surface area contributed by atoms with Crippen LogP contribution in [0.15, 0.2) is 102 Å². The van der Waals surface area contributed by atoms with Gasteiger partial charge in [-0.25, -0.2) is 0 Å². The van der Waals surface area contributed by atoms with Crippen molar-refractivity contribution in [3.63, 3.8) is 0 Å². The van der Waals surface area contributed by atoms with Gasteiger partial charge in [-0.1, -0.05) is 0 Å². The molecule has 0 nitrogen and oxygen atoms in total. The molecular formula is C40H43Cl2SiZr. The Morgan fingerprint density at radius 3 is 1.86 bits per heavy atom. The van der Waals surface area contributed by atoms with Crippen molar-refractivity contribution >= 4 is 35.1 Å². The molecule has 1 fully saturated rings. The van der Waals surface area contributed by atoms with Gasteiger partial charge in [0.15, 0.2) is 0 Å². The molecule has 0 heterocycles. The van der Waals surface area contributed by atoms with Crippen LogP contribution in [0.3, 0.4) is 0 Å². The van der Waals surface area contributed by atoms with E-state index in [-0.39, 0.29) is 7.25 Å². The van der Waals surface area contributed by atoms with Crippen LogP contribution in [0.5, 0.6) is 0 Å².